The second kappa shape index (κ2) is 10.2. The van der Waals surface area contributed by atoms with Crippen LogP contribution >= 0.6 is 0 Å². The summed E-state index contributed by atoms with van der Waals surface area (Å²) in [6.45, 7) is 5.40. The van der Waals surface area contributed by atoms with Gasteiger partial charge in [-0.15, -0.1) is 0 Å². The normalized spacial score (nSPS) is 22.6. The lowest BCUT2D eigenvalue weighted by Gasteiger charge is -2.35. The van der Waals surface area contributed by atoms with Crippen LogP contribution in [-0.4, -0.2) is 54.4 Å². The van der Waals surface area contributed by atoms with Crippen LogP contribution < -0.4 is 0 Å². The minimum Gasteiger partial charge on any atom is -0.383 e. The average Bonchev–Trinajstić information content (AvgIpc) is 3.12. The molecular weight excluding hydrogens is 374 g/mol. The molecule has 28 heavy (non-hydrogen) atoms. The molecule has 0 spiro atoms. The smallest absolute Gasteiger partial charge is 0.228 e. The number of hydrogen-bond donors (Lipinski definition) is 0. The van der Waals surface area contributed by atoms with Crippen LogP contribution in [0.2, 0.25) is 0 Å². The molecule has 0 N–H and O–H groups in total. The van der Waals surface area contributed by atoms with Crippen molar-refractivity contribution in [2.75, 3.05) is 20.3 Å². The monoisotopic (exact) mass is 411 g/mol. The molecule has 1 aromatic rings. The van der Waals surface area contributed by atoms with Crippen molar-refractivity contribution in [2.45, 2.75) is 101 Å². The number of sulfone groups is 1. The standard InChI is InChI=1S/C21H37N3O3S/c1-3-4-14-24-19(16-23-13-9-8-10-18(23)17-27-2)15-22-21(24)28(25,26)20-11-6-5-7-12-20/h15,18,20H,3-14,16-17H2,1-2H3. The summed E-state index contributed by atoms with van der Waals surface area (Å²) in [5, 5.41) is 0.0521. The maximum atomic E-state index is 13.3. The van der Waals surface area contributed by atoms with Crippen molar-refractivity contribution in [3.05, 3.63) is 11.9 Å². The Bertz CT molecular complexity index is 708. The third-order valence-corrected chi connectivity index (χ3v) is 8.54. The van der Waals surface area contributed by atoms with Crippen molar-refractivity contribution in [1.82, 2.24) is 14.5 Å². The third-order valence-electron chi connectivity index (χ3n) is 6.36. The van der Waals surface area contributed by atoms with Crippen LogP contribution in [0.4, 0.5) is 0 Å². The molecule has 7 heteroatoms. The first-order valence-electron chi connectivity index (χ1n) is 11.1. The van der Waals surface area contributed by atoms with Crippen molar-refractivity contribution in [1.29, 1.82) is 0 Å². The molecule has 1 saturated heterocycles. The maximum Gasteiger partial charge on any atom is 0.228 e. The average molecular weight is 412 g/mol. The molecule has 2 heterocycles. The summed E-state index contributed by atoms with van der Waals surface area (Å²) in [7, 11) is -1.60. The lowest BCUT2D eigenvalue weighted by molar-refractivity contribution is 0.0583. The molecule has 1 aliphatic heterocycles. The number of imidazole rings is 1. The number of ether oxygens (including phenoxy) is 1. The predicted octanol–water partition coefficient (Wildman–Crippen LogP) is 3.79. The SMILES string of the molecule is CCCCn1c(CN2CCCCC2COC)cnc1S(=O)(=O)C1CCCCC1. The Morgan fingerprint density at radius 3 is 2.61 bits per heavy atom. The fourth-order valence-electron chi connectivity index (χ4n) is 4.68. The van der Waals surface area contributed by atoms with Gasteiger partial charge in [-0.3, -0.25) is 4.90 Å². The molecule has 0 bridgehead atoms. The van der Waals surface area contributed by atoms with Gasteiger partial charge in [0.05, 0.1) is 23.7 Å². The molecule has 0 radical (unpaired) electrons. The topological polar surface area (TPSA) is 64.4 Å². The van der Waals surface area contributed by atoms with E-state index in [0.29, 0.717) is 11.2 Å². The summed E-state index contributed by atoms with van der Waals surface area (Å²) in [6.07, 6.45) is 12.1. The van der Waals surface area contributed by atoms with Crippen LogP contribution in [0.1, 0.15) is 76.8 Å². The van der Waals surface area contributed by atoms with Gasteiger partial charge < -0.3 is 9.30 Å². The summed E-state index contributed by atoms with van der Waals surface area (Å²) in [5.41, 5.74) is 1.03. The Hall–Kier alpha value is -0.920. The first-order chi connectivity index (χ1) is 13.6. The van der Waals surface area contributed by atoms with Gasteiger partial charge in [0.1, 0.15) is 0 Å². The summed E-state index contributed by atoms with van der Waals surface area (Å²) < 4.78 is 34.1. The highest BCUT2D eigenvalue weighted by molar-refractivity contribution is 7.91. The van der Waals surface area contributed by atoms with E-state index in [1.165, 1.54) is 12.8 Å². The van der Waals surface area contributed by atoms with Gasteiger partial charge in [-0.1, -0.05) is 39.0 Å². The van der Waals surface area contributed by atoms with Gasteiger partial charge >= 0.3 is 0 Å². The molecule has 1 unspecified atom stereocenters. The molecule has 1 aromatic heterocycles. The molecule has 160 valence electrons. The minimum atomic E-state index is -3.36. The number of hydrogen-bond acceptors (Lipinski definition) is 5. The fraction of sp³-hybridized carbons (Fsp3) is 0.857. The summed E-state index contributed by atoms with van der Waals surface area (Å²) in [5.74, 6) is 0. The van der Waals surface area contributed by atoms with Gasteiger partial charge in [0.15, 0.2) is 0 Å². The van der Waals surface area contributed by atoms with Crippen LogP contribution in [0.15, 0.2) is 11.4 Å². The lowest BCUT2D eigenvalue weighted by atomic mass is 10.0. The number of piperidine rings is 1. The molecule has 3 rings (SSSR count). The molecule has 1 atom stereocenters. The number of nitrogens with zero attached hydrogens (tertiary/aromatic N) is 3. The maximum absolute atomic E-state index is 13.3. The number of rotatable bonds is 9. The molecule has 2 fully saturated rings. The molecule has 2 aliphatic rings. The Kier molecular flexibility index (Phi) is 7.94. The molecule has 0 amide bonds. The zero-order chi connectivity index (χ0) is 20.0. The highest BCUT2D eigenvalue weighted by Gasteiger charge is 2.34. The zero-order valence-corrected chi connectivity index (χ0v) is 18.4. The summed E-state index contributed by atoms with van der Waals surface area (Å²) >= 11 is 0. The Morgan fingerprint density at radius 1 is 1.14 bits per heavy atom. The zero-order valence-electron chi connectivity index (χ0n) is 17.6. The molecule has 0 aromatic carbocycles. The van der Waals surface area contributed by atoms with Crippen molar-refractivity contribution in [3.8, 4) is 0 Å². The summed E-state index contributed by atoms with van der Waals surface area (Å²) in [6, 6.07) is 0.409. The first kappa shape index (κ1) is 21.8. The van der Waals surface area contributed by atoms with Crippen LogP contribution in [0.25, 0.3) is 0 Å². The number of likely N-dealkylation sites (tertiary alicyclic amines) is 1. The van der Waals surface area contributed by atoms with Gasteiger partial charge in [-0.25, -0.2) is 13.4 Å². The second-order valence-corrected chi connectivity index (χ2v) is 10.5. The van der Waals surface area contributed by atoms with E-state index in [2.05, 4.69) is 16.8 Å². The van der Waals surface area contributed by atoms with E-state index in [9.17, 15) is 8.42 Å². The van der Waals surface area contributed by atoms with Gasteiger partial charge in [0.25, 0.3) is 0 Å². The molecule has 1 saturated carbocycles. The highest BCUT2D eigenvalue weighted by Crippen LogP contribution is 2.29. The van der Waals surface area contributed by atoms with E-state index in [4.69, 9.17) is 4.74 Å². The quantitative estimate of drug-likeness (QED) is 0.618. The number of aromatic nitrogens is 2. The number of unbranched alkanes of at least 4 members (excludes halogenated alkanes) is 1. The van der Waals surface area contributed by atoms with Crippen LogP contribution in [-0.2, 0) is 27.7 Å². The van der Waals surface area contributed by atoms with E-state index >= 15 is 0 Å². The third kappa shape index (κ3) is 4.97. The summed E-state index contributed by atoms with van der Waals surface area (Å²) in [4.78, 5) is 6.92. The molecular formula is C21H37N3O3S. The highest BCUT2D eigenvalue weighted by atomic mass is 32.2. The van der Waals surface area contributed by atoms with Gasteiger partial charge in [-0.2, -0.15) is 0 Å². The molecule has 1 aliphatic carbocycles. The van der Waals surface area contributed by atoms with Gasteiger partial charge in [0.2, 0.25) is 15.0 Å². The Balaban J connectivity index is 1.85. The second-order valence-electron chi connectivity index (χ2n) is 8.42. The van der Waals surface area contributed by atoms with Crippen molar-refractivity contribution < 1.29 is 13.2 Å². The van der Waals surface area contributed by atoms with E-state index in [1.807, 2.05) is 10.8 Å². The lowest BCUT2D eigenvalue weighted by Crippen LogP contribution is -2.42. The van der Waals surface area contributed by atoms with Crippen molar-refractivity contribution in [2.24, 2.45) is 0 Å². The Labute approximate surface area is 170 Å². The van der Waals surface area contributed by atoms with E-state index < -0.39 is 9.84 Å². The van der Waals surface area contributed by atoms with Crippen molar-refractivity contribution >= 4 is 9.84 Å². The van der Waals surface area contributed by atoms with Crippen LogP contribution in [0.5, 0.6) is 0 Å². The van der Waals surface area contributed by atoms with Gasteiger partial charge in [-0.05, 0) is 38.6 Å². The minimum absolute atomic E-state index is 0.256. The van der Waals surface area contributed by atoms with E-state index in [0.717, 1.165) is 83.3 Å². The molecule has 6 nitrogen and oxygen atoms in total. The largest absolute Gasteiger partial charge is 0.383 e. The van der Waals surface area contributed by atoms with Gasteiger partial charge in [0, 0.05) is 26.2 Å². The first-order valence-corrected chi connectivity index (χ1v) is 12.6. The van der Waals surface area contributed by atoms with Crippen LogP contribution in [0.3, 0.4) is 0 Å². The van der Waals surface area contributed by atoms with Crippen molar-refractivity contribution in [3.63, 3.8) is 0 Å². The van der Waals surface area contributed by atoms with E-state index in [-0.39, 0.29) is 5.25 Å². The predicted molar refractivity (Wildman–Crippen MR) is 111 cm³/mol. The Morgan fingerprint density at radius 2 is 1.89 bits per heavy atom. The van der Waals surface area contributed by atoms with Crippen LogP contribution in [0, 0.1) is 0 Å². The van der Waals surface area contributed by atoms with E-state index in [1.54, 1.807) is 7.11 Å². The number of methoxy groups -OCH3 is 1. The fourth-order valence-corrected chi connectivity index (χ4v) is 6.65.